The van der Waals surface area contributed by atoms with Gasteiger partial charge in [-0.25, -0.2) is 4.98 Å². The van der Waals surface area contributed by atoms with Gasteiger partial charge in [0.25, 0.3) is 0 Å². The van der Waals surface area contributed by atoms with E-state index in [1.807, 2.05) is 18.2 Å². The van der Waals surface area contributed by atoms with Gasteiger partial charge in [0.15, 0.2) is 5.78 Å². The summed E-state index contributed by atoms with van der Waals surface area (Å²) < 4.78 is 5.66. The fourth-order valence-corrected chi connectivity index (χ4v) is 2.29. The summed E-state index contributed by atoms with van der Waals surface area (Å²) in [5.74, 6) is 0.410. The topological polar surface area (TPSA) is 51.2 Å². The second kappa shape index (κ2) is 6.24. The molecule has 1 saturated heterocycles. The summed E-state index contributed by atoms with van der Waals surface area (Å²) in [5, 5.41) is 3.44. The molecule has 0 spiro atoms. The van der Waals surface area contributed by atoms with E-state index in [0.717, 1.165) is 13.0 Å². The number of aromatic nitrogens is 1. The first-order valence-electron chi connectivity index (χ1n) is 6.85. The van der Waals surface area contributed by atoms with Crippen molar-refractivity contribution in [2.45, 2.75) is 12.5 Å². The maximum Gasteiger partial charge on any atom is 0.196 e. The number of hydrogen-bond acceptors (Lipinski definition) is 4. The van der Waals surface area contributed by atoms with Crippen molar-refractivity contribution in [2.75, 3.05) is 13.2 Å². The Hall–Kier alpha value is -1.91. The minimum Gasteiger partial charge on any atom is -0.490 e. The van der Waals surface area contributed by atoms with Gasteiger partial charge in [-0.2, -0.15) is 0 Å². The Morgan fingerprint density at radius 2 is 2.14 bits per heavy atom. The summed E-state index contributed by atoms with van der Waals surface area (Å²) in [7, 11) is 0. The van der Waals surface area contributed by atoms with Crippen molar-refractivity contribution in [1.82, 2.24) is 10.3 Å². The van der Waals surface area contributed by atoms with Crippen LogP contribution in [0.2, 0.25) is 5.15 Å². The predicted molar refractivity (Wildman–Crippen MR) is 81.0 cm³/mol. The first-order valence-corrected chi connectivity index (χ1v) is 7.23. The van der Waals surface area contributed by atoms with Gasteiger partial charge in [0.1, 0.15) is 17.5 Å². The van der Waals surface area contributed by atoms with Crippen LogP contribution in [0.4, 0.5) is 0 Å². The molecule has 1 atom stereocenters. The van der Waals surface area contributed by atoms with Crippen LogP contribution in [0.1, 0.15) is 22.3 Å². The Morgan fingerprint density at radius 1 is 1.38 bits per heavy atom. The zero-order valence-corrected chi connectivity index (χ0v) is 12.1. The molecule has 1 fully saturated rings. The quantitative estimate of drug-likeness (QED) is 0.681. The van der Waals surface area contributed by atoms with Gasteiger partial charge < -0.3 is 10.1 Å². The average molecular weight is 303 g/mol. The molecule has 2 heterocycles. The third kappa shape index (κ3) is 3.23. The number of halogens is 1. The molecule has 0 radical (unpaired) electrons. The van der Waals surface area contributed by atoms with E-state index >= 15 is 0 Å². The van der Waals surface area contributed by atoms with Crippen LogP contribution in [-0.4, -0.2) is 30.0 Å². The van der Waals surface area contributed by atoms with Crippen molar-refractivity contribution in [3.63, 3.8) is 0 Å². The van der Waals surface area contributed by atoms with E-state index in [2.05, 4.69) is 10.3 Å². The SMILES string of the molecule is O=C(c1ccccc1)c1cc(OCC2CCN2)cnc1Cl. The summed E-state index contributed by atoms with van der Waals surface area (Å²) in [5.41, 5.74) is 0.945. The van der Waals surface area contributed by atoms with E-state index in [1.165, 1.54) is 0 Å². The summed E-state index contributed by atoms with van der Waals surface area (Å²) in [4.78, 5) is 16.5. The fourth-order valence-electron chi connectivity index (χ4n) is 2.10. The fraction of sp³-hybridized carbons (Fsp3) is 0.250. The Bertz CT molecular complexity index is 642. The molecule has 0 aliphatic carbocycles. The third-order valence-electron chi connectivity index (χ3n) is 3.47. The molecule has 0 bridgehead atoms. The van der Waals surface area contributed by atoms with E-state index in [9.17, 15) is 4.79 Å². The molecule has 1 aromatic heterocycles. The van der Waals surface area contributed by atoms with Gasteiger partial charge in [0, 0.05) is 11.6 Å². The van der Waals surface area contributed by atoms with Crippen LogP contribution in [0.3, 0.4) is 0 Å². The lowest BCUT2D eigenvalue weighted by molar-refractivity contribution is 0.103. The summed E-state index contributed by atoms with van der Waals surface area (Å²) >= 11 is 6.04. The Morgan fingerprint density at radius 3 is 2.81 bits per heavy atom. The predicted octanol–water partition coefficient (Wildman–Crippen LogP) is 2.71. The van der Waals surface area contributed by atoms with Gasteiger partial charge in [-0.3, -0.25) is 4.79 Å². The highest BCUT2D eigenvalue weighted by Crippen LogP contribution is 2.22. The van der Waals surface area contributed by atoms with Gasteiger partial charge in [-0.15, -0.1) is 0 Å². The molecule has 0 amide bonds. The number of carbonyl (C=O) groups is 1. The van der Waals surface area contributed by atoms with Gasteiger partial charge in [0.2, 0.25) is 0 Å². The van der Waals surface area contributed by atoms with Crippen LogP contribution < -0.4 is 10.1 Å². The lowest BCUT2D eigenvalue weighted by Crippen LogP contribution is -2.46. The van der Waals surface area contributed by atoms with Gasteiger partial charge >= 0.3 is 0 Å². The number of ether oxygens (including phenoxy) is 1. The molecule has 0 saturated carbocycles. The maximum absolute atomic E-state index is 12.4. The molecule has 4 nitrogen and oxygen atoms in total. The third-order valence-corrected chi connectivity index (χ3v) is 3.77. The van der Waals surface area contributed by atoms with E-state index in [1.54, 1.807) is 24.4 Å². The lowest BCUT2D eigenvalue weighted by atomic mass is 10.1. The molecule has 1 aliphatic heterocycles. The highest BCUT2D eigenvalue weighted by atomic mass is 35.5. The minimum absolute atomic E-state index is 0.152. The molecule has 108 valence electrons. The van der Waals surface area contributed by atoms with Crippen molar-refractivity contribution in [3.8, 4) is 5.75 Å². The molecule has 1 aliphatic rings. The largest absolute Gasteiger partial charge is 0.490 e. The van der Waals surface area contributed by atoms with Crippen LogP contribution in [0.5, 0.6) is 5.75 Å². The molecule has 2 aromatic rings. The standard InChI is InChI=1S/C16H15ClN2O2/c17-16-14(15(20)11-4-2-1-3-5-11)8-13(9-19-16)21-10-12-6-7-18-12/h1-5,8-9,12,18H,6-7,10H2. The Balaban J connectivity index is 1.78. The first-order chi connectivity index (χ1) is 10.2. The zero-order chi connectivity index (χ0) is 14.7. The van der Waals surface area contributed by atoms with Gasteiger partial charge in [0.05, 0.1) is 11.8 Å². The minimum atomic E-state index is -0.152. The highest BCUT2D eigenvalue weighted by Gasteiger charge is 2.18. The zero-order valence-electron chi connectivity index (χ0n) is 11.4. The van der Waals surface area contributed by atoms with Crippen LogP contribution in [0, 0.1) is 0 Å². The number of rotatable bonds is 5. The average Bonchev–Trinajstić information content (AvgIpc) is 2.47. The van der Waals surface area contributed by atoms with E-state index < -0.39 is 0 Å². The number of carbonyl (C=O) groups excluding carboxylic acids is 1. The van der Waals surface area contributed by atoms with E-state index in [4.69, 9.17) is 16.3 Å². The monoisotopic (exact) mass is 302 g/mol. The lowest BCUT2D eigenvalue weighted by Gasteiger charge is -2.27. The Kier molecular flexibility index (Phi) is 4.18. The van der Waals surface area contributed by atoms with E-state index in [0.29, 0.717) is 29.5 Å². The molecule has 21 heavy (non-hydrogen) atoms. The van der Waals surface area contributed by atoms with Gasteiger partial charge in [-0.1, -0.05) is 41.9 Å². The van der Waals surface area contributed by atoms with Crippen molar-refractivity contribution >= 4 is 17.4 Å². The molecule has 1 N–H and O–H groups in total. The molecule has 5 heteroatoms. The number of benzene rings is 1. The van der Waals surface area contributed by atoms with Gasteiger partial charge in [-0.05, 0) is 19.0 Å². The van der Waals surface area contributed by atoms with Crippen LogP contribution in [0.25, 0.3) is 0 Å². The van der Waals surface area contributed by atoms with Crippen molar-refractivity contribution in [3.05, 3.63) is 58.9 Å². The smallest absolute Gasteiger partial charge is 0.196 e. The molecule has 3 rings (SSSR count). The maximum atomic E-state index is 12.4. The highest BCUT2D eigenvalue weighted by molar-refractivity contribution is 6.33. The second-order valence-electron chi connectivity index (χ2n) is 4.96. The second-order valence-corrected chi connectivity index (χ2v) is 5.31. The van der Waals surface area contributed by atoms with Crippen LogP contribution >= 0.6 is 11.6 Å². The molecular weight excluding hydrogens is 288 g/mol. The van der Waals surface area contributed by atoms with E-state index in [-0.39, 0.29) is 10.9 Å². The summed E-state index contributed by atoms with van der Waals surface area (Å²) in [6.07, 6.45) is 2.65. The van der Waals surface area contributed by atoms with Crippen molar-refractivity contribution < 1.29 is 9.53 Å². The van der Waals surface area contributed by atoms with Crippen molar-refractivity contribution in [2.24, 2.45) is 0 Å². The number of pyridine rings is 1. The summed E-state index contributed by atoms with van der Waals surface area (Å²) in [6.45, 7) is 1.60. The van der Waals surface area contributed by atoms with Crippen molar-refractivity contribution in [1.29, 1.82) is 0 Å². The molecular formula is C16H15ClN2O2. The van der Waals surface area contributed by atoms with Crippen LogP contribution in [-0.2, 0) is 0 Å². The summed E-state index contributed by atoms with van der Waals surface area (Å²) in [6, 6.07) is 11.0. The molecule has 1 aromatic carbocycles. The number of ketones is 1. The number of hydrogen-bond donors (Lipinski definition) is 1. The Labute approximate surface area is 128 Å². The normalized spacial score (nSPS) is 17.1. The van der Waals surface area contributed by atoms with Crippen LogP contribution in [0.15, 0.2) is 42.6 Å². The molecule has 1 unspecified atom stereocenters. The number of nitrogens with one attached hydrogen (secondary N) is 1. The number of nitrogens with zero attached hydrogens (tertiary/aromatic N) is 1. The first kappa shape index (κ1) is 14.0.